The molecule has 2 rings (SSSR count). The molecule has 0 spiro atoms. The molecule has 0 bridgehead atoms. The molecule has 17 heavy (non-hydrogen) atoms. The van der Waals surface area contributed by atoms with Crippen molar-refractivity contribution in [2.24, 2.45) is 0 Å². The molecule has 2 aromatic rings. The number of carbonyl (C=O) groups is 1. The molecule has 0 atom stereocenters. The summed E-state index contributed by atoms with van der Waals surface area (Å²) in [5.74, 6) is 0.751. The van der Waals surface area contributed by atoms with Gasteiger partial charge in [-0.15, -0.1) is 0 Å². The predicted molar refractivity (Wildman–Crippen MR) is 63.0 cm³/mol. The highest BCUT2D eigenvalue weighted by Crippen LogP contribution is 2.03. The van der Waals surface area contributed by atoms with Crippen LogP contribution in [0.4, 0.5) is 0 Å². The molecule has 1 aromatic heterocycles. The first-order valence-corrected chi connectivity index (χ1v) is 5.38. The zero-order valence-corrected chi connectivity index (χ0v) is 9.63. The number of H-pyrrole nitrogens is 1. The maximum Gasteiger partial charge on any atom is 0.227 e. The third-order valence-electron chi connectivity index (χ3n) is 2.48. The molecule has 0 saturated heterocycles. The van der Waals surface area contributed by atoms with Crippen molar-refractivity contribution >= 4 is 5.91 Å². The zero-order valence-electron chi connectivity index (χ0n) is 9.63. The lowest BCUT2D eigenvalue weighted by Crippen LogP contribution is -2.28. The molecule has 1 N–H and O–H groups in total. The number of nitrogens with zero attached hydrogens (tertiary/aromatic N) is 3. The third kappa shape index (κ3) is 3.14. The normalized spacial score (nSPS) is 10.2. The minimum Gasteiger partial charge on any atom is -0.338 e. The first-order valence-electron chi connectivity index (χ1n) is 5.38. The Labute approximate surface area is 99.5 Å². The molecular weight excluding hydrogens is 216 g/mol. The molecule has 0 aliphatic rings. The lowest BCUT2D eigenvalue weighted by Gasteiger charge is -2.15. The number of hydrogen-bond donors (Lipinski definition) is 1. The first-order chi connectivity index (χ1) is 8.25. The predicted octanol–water partition coefficient (Wildman–Crippen LogP) is 1.01. The summed E-state index contributed by atoms with van der Waals surface area (Å²) in [4.78, 5) is 17.5. The minimum absolute atomic E-state index is 0.0626. The van der Waals surface area contributed by atoms with Gasteiger partial charge < -0.3 is 4.90 Å². The van der Waals surface area contributed by atoms with Crippen LogP contribution < -0.4 is 0 Å². The van der Waals surface area contributed by atoms with E-state index in [4.69, 9.17) is 0 Å². The summed E-state index contributed by atoms with van der Waals surface area (Å²) >= 11 is 0. The average molecular weight is 230 g/mol. The van der Waals surface area contributed by atoms with Gasteiger partial charge in [-0.05, 0) is 5.56 Å². The summed E-state index contributed by atoms with van der Waals surface area (Å²) in [6, 6.07) is 9.69. The largest absolute Gasteiger partial charge is 0.338 e. The lowest BCUT2D eigenvalue weighted by molar-refractivity contribution is -0.129. The van der Waals surface area contributed by atoms with Crippen LogP contribution in [0.25, 0.3) is 0 Å². The number of aromatic nitrogens is 3. The number of nitrogens with one attached hydrogen (secondary N) is 1. The van der Waals surface area contributed by atoms with Gasteiger partial charge in [0.25, 0.3) is 0 Å². The monoisotopic (exact) mass is 230 g/mol. The second-order valence-electron chi connectivity index (χ2n) is 3.84. The van der Waals surface area contributed by atoms with Crippen LogP contribution in [0.3, 0.4) is 0 Å². The molecule has 5 nitrogen and oxygen atoms in total. The van der Waals surface area contributed by atoms with E-state index in [1.54, 1.807) is 11.9 Å². The summed E-state index contributed by atoms with van der Waals surface area (Å²) in [6.07, 6.45) is 1.84. The molecule has 0 aliphatic carbocycles. The number of likely N-dealkylation sites (N-methyl/N-ethyl adjacent to an activating group) is 1. The third-order valence-corrected chi connectivity index (χ3v) is 2.48. The minimum atomic E-state index is 0.0626. The van der Waals surface area contributed by atoms with Crippen molar-refractivity contribution in [2.45, 2.75) is 13.0 Å². The molecular formula is C12H14N4O. The van der Waals surface area contributed by atoms with E-state index < -0.39 is 0 Å². The number of carbonyl (C=O) groups excluding carboxylic acids is 1. The molecule has 1 amide bonds. The van der Waals surface area contributed by atoms with Gasteiger partial charge in [0.05, 0.1) is 13.0 Å². The van der Waals surface area contributed by atoms with Crippen LogP contribution >= 0.6 is 0 Å². The Kier molecular flexibility index (Phi) is 3.49. The average Bonchev–Trinajstić information content (AvgIpc) is 2.83. The number of amides is 1. The summed E-state index contributed by atoms with van der Waals surface area (Å²) in [5.41, 5.74) is 1.02. The van der Waals surface area contributed by atoms with Crippen molar-refractivity contribution in [3.63, 3.8) is 0 Å². The van der Waals surface area contributed by atoms with Crippen molar-refractivity contribution in [1.29, 1.82) is 0 Å². The molecule has 0 saturated carbocycles. The topological polar surface area (TPSA) is 61.9 Å². The van der Waals surface area contributed by atoms with Crippen LogP contribution in [0.5, 0.6) is 0 Å². The van der Waals surface area contributed by atoms with Gasteiger partial charge in [0.15, 0.2) is 0 Å². The highest BCUT2D eigenvalue weighted by atomic mass is 16.2. The number of rotatable bonds is 4. The van der Waals surface area contributed by atoms with E-state index in [0.29, 0.717) is 18.8 Å². The molecule has 1 aromatic carbocycles. The maximum absolute atomic E-state index is 11.9. The van der Waals surface area contributed by atoms with Crippen molar-refractivity contribution < 1.29 is 4.79 Å². The molecule has 0 unspecified atom stereocenters. The Bertz CT molecular complexity index is 467. The first kappa shape index (κ1) is 11.3. The quantitative estimate of drug-likeness (QED) is 0.852. The van der Waals surface area contributed by atoms with E-state index in [9.17, 15) is 4.79 Å². The van der Waals surface area contributed by atoms with Crippen molar-refractivity contribution in [2.75, 3.05) is 7.05 Å². The van der Waals surface area contributed by atoms with Gasteiger partial charge in [-0.25, -0.2) is 4.98 Å². The lowest BCUT2D eigenvalue weighted by atomic mass is 10.1. The van der Waals surface area contributed by atoms with Crippen LogP contribution in [0.15, 0.2) is 36.7 Å². The molecule has 0 radical (unpaired) electrons. The van der Waals surface area contributed by atoms with Crippen LogP contribution in [0.2, 0.25) is 0 Å². The fourth-order valence-electron chi connectivity index (χ4n) is 1.53. The Morgan fingerprint density at radius 2 is 2.12 bits per heavy atom. The smallest absolute Gasteiger partial charge is 0.227 e. The number of hydrogen-bond acceptors (Lipinski definition) is 3. The zero-order chi connectivity index (χ0) is 12.1. The Hall–Kier alpha value is -2.17. The summed E-state index contributed by atoms with van der Waals surface area (Å²) in [7, 11) is 1.76. The summed E-state index contributed by atoms with van der Waals surface area (Å²) < 4.78 is 0. The van der Waals surface area contributed by atoms with Crippen LogP contribution in [0.1, 0.15) is 11.4 Å². The Morgan fingerprint density at radius 3 is 2.76 bits per heavy atom. The van der Waals surface area contributed by atoms with E-state index in [-0.39, 0.29) is 5.91 Å². The van der Waals surface area contributed by atoms with Crippen LogP contribution in [0, 0.1) is 0 Å². The van der Waals surface area contributed by atoms with Gasteiger partial charge in [0.1, 0.15) is 12.2 Å². The SMILES string of the molecule is CN(Cc1ncn[nH]1)C(=O)Cc1ccccc1. The Morgan fingerprint density at radius 1 is 1.35 bits per heavy atom. The second kappa shape index (κ2) is 5.25. The van der Waals surface area contributed by atoms with Gasteiger partial charge in [-0.3, -0.25) is 9.89 Å². The van der Waals surface area contributed by atoms with Crippen molar-refractivity contribution in [1.82, 2.24) is 20.1 Å². The van der Waals surface area contributed by atoms with Gasteiger partial charge in [0, 0.05) is 7.05 Å². The fourth-order valence-corrected chi connectivity index (χ4v) is 1.53. The summed E-state index contributed by atoms with van der Waals surface area (Å²) in [6.45, 7) is 0.450. The maximum atomic E-state index is 11.9. The highest BCUT2D eigenvalue weighted by Gasteiger charge is 2.10. The van der Waals surface area contributed by atoms with Crippen molar-refractivity contribution in [3.05, 3.63) is 48.0 Å². The van der Waals surface area contributed by atoms with Gasteiger partial charge in [0.2, 0.25) is 5.91 Å². The highest BCUT2D eigenvalue weighted by molar-refractivity contribution is 5.78. The van der Waals surface area contributed by atoms with Crippen LogP contribution in [-0.2, 0) is 17.8 Å². The second-order valence-corrected chi connectivity index (χ2v) is 3.84. The van der Waals surface area contributed by atoms with E-state index in [1.807, 2.05) is 30.3 Å². The molecule has 5 heteroatoms. The van der Waals surface area contributed by atoms with Gasteiger partial charge in [-0.2, -0.15) is 5.10 Å². The molecule has 0 fully saturated rings. The summed E-state index contributed by atoms with van der Waals surface area (Å²) in [5, 5.41) is 6.48. The molecule has 1 heterocycles. The van der Waals surface area contributed by atoms with Crippen molar-refractivity contribution in [3.8, 4) is 0 Å². The van der Waals surface area contributed by atoms with E-state index in [0.717, 1.165) is 5.56 Å². The standard InChI is InChI=1S/C12H14N4O/c1-16(8-11-13-9-14-15-11)12(17)7-10-5-3-2-4-6-10/h2-6,9H,7-8H2,1H3,(H,13,14,15). The number of benzene rings is 1. The van der Waals surface area contributed by atoms with E-state index in [2.05, 4.69) is 15.2 Å². The fraction of sp³-hybridized carbons (Fsp3) is 0.250. The van der Waals surface area contributed by atoms with E-state index in [1.165, 1.54) is 6.33 Å². The van der Waals surface area contributed by atoms with Crippen LogP contribution in [-0.4, -0.2) is 33.0 Å². The Balaban J connectivity index is 1.92. The van der Waals surface area contributed by atoms with E-state index >= 15 is 0 Å². The molecule has 0 aliphatic heterocycles. The number of aromatic amines is 1. The van der Waals surface area contributed by atoms with Gasteiger partial charge >= 0.3 is 0 Å². The molecule has 88 valence electrons. The van der Waals surface area contributed by atoms with Gasteiger partial charge in [-0.1, -0.05) is 30.3 Å².